The lowest BCUT2D eigenvalue weighted by molar-refractivity contribution is 0.537. The third kappa shape index (κ3) is 1.12. The molecule has 0 bridgehead atoms. The summed E-state index contributed by atoms with van der Waals surface area (Å²) in [7, 11) is 0. The van der Waals surface area contributed by atoms with Crippen molar-refractivity contribution in [2.24, 2.45) is 17.8 Å². The van der Waals surface area contributed by atoms with Crippen LogP contribution in [0.1, 0.15) is 34.6 Å². The summed E-state index contributed by atoms with van der Waals surface area (Å²) in [5.74, 6) is 2.63. The zero-order chi connectivity index (χ0) is 7.89. The van der Waals surface area contributed by atoms with Crippen LogP contribution in [0.3, 0.4) is 0 Å². The van der Waals surface area contributed by atoms with Gasteiger partial charge in [-0.2, -0.15) is 0 Å². The molecule has 0 N–H and O–H groups in total. The Balaban J connectivity index is 2.66. The van der Waals surface area contributed by atoms with Gasteiger partial charge >= 0.3 is 0 Å². The van der Waals surface area contributed by atoms with E-state index in [1.165, 1.54) is 0 Å². The second-order valence-electron chi connectivity index (χ2n) is 4.01. The molecule has 1 fully saturated rings. The fourth-order valence-electron chi connectivity index (χ4n) is 2.15. The van der Waals surface area contributed by atoms with Gasteiger partial charge in [-0.3, -0.25) is 0 Å². The predicted octanol–water partition coefficient (Wildman–Crippen LogP) is 3.24. The molecule has 1 saturated carbocycles. The highest BCUT2D eigenvalue weighted by molar-refractivity contribution is 5.32. The Morgan fingerprint density at radius 3 is 1.90 bits per heavy atom. The molecule has 0 aliphatic heterocycles. The normalized spacial score (nSPS) is 31.2. The molecule has 0 spiro atoms. The van der Waals surface area contributed by atoms with Gasteiger partial charge in [0.2, 0.25) is 0 Å². The van der Waals surface area contributed by atoms with Gasteiger partial charge in [-0.25, -0.2) is 0 Å². The molecule has 58 valence electrons. The Morgan fingerprint density at radius 2 is 1.80 bits per heavy atom. The summed E-state index contributed by atoms with van der Waals surface area (Å²) in [6.07, 6.45) is 0. The van der Waals surface area contributed by atoms with Gasteiger partial charge < -0.3 is 0 Å². The third-order valence-corrected chi connectivity index (χ3v) is 2.57. The first-order chi connectivity index (χ1) is 4.55. The summed E-state index contributed by atoms with van der Waals surface area (Å²) >= 11 is 0. The van der Waals surface area contributed by atoms with Crippen LogP contribution in [0.5, 0.6) is 0 Å². The summed E-state index contributed by atoms with van der Waals surface area (Å²) in [5, 5.41) is 0. The average Bonchev–Trinajstić information content (AvgIpc) is 2.40. The molecule has 0 aromatic rings. The Morgan fingerprint density at radius 1 is 1.30 bits per heavy atom. The van der Waals surface area contributed by atoms with Crippen molar-refractivity contribution >= 4 is 0 Å². The molecule has 0 aromatic carbocycles. The zero-order valence-corrected chi connectivity index (χ0v) is 7.73. The fraction of sp³-hybridized carbons (Fsp3) is 0.800. The van der Waals surface area contributed by atoms with E-state index in [1.807, 2.05) is 0 Å². The standard InChI is InChI=1S/C10H18/c1-6(2)9-8(5)10(9)7(3)4/h6,8-9H,1-5H3. The third-order valence-electron chi connectivity index (χ3n) is 2.57. The van der Waals surface area contributed by atoms with Crippen LogP contribution in [0, 0.1) is 17.8 Å². The first-order valence-electron chi connectivity index (χ1n) is 4.23. The van der Waals surface area contributed by atoms with E-state index in [0.717, 1.165) is 17.8 Å². The molecule has 10 heavy (non-hydrogen) atoms. The lowest BCUT2D eigenvalue weighted by Crippen LogP contribution is -1.90. The van der Waals surface area contributed by atoms with Gasteiger partial charge in [0, 0.05) is 0 Å². The Kier molecular flexibility index (Phi) is 1.89. The molecular formula is C10H18. The largest absolute Gasteiger partial charge is 0.0766 e. The lowest BCUT2D eigenvalue weighted by Gasteiger charge is -1.97. The molecule has 0 nitrogen and oxygen atoms in total. The molecule has 0 radical (unpaired) electrons. The number of rotatable bonds is 1. The molecular weight excluding hydrogens is 120 g/mol. The molecule has 0 amide bonds. The summed E-state index contributed by atoms with van der Waals surface area (Å²) in [6, 6.07) is 0. The smallest absolute Gasteiger partial charge is 0.0112 e. The zero-order valence-electron chi connectivity index (χ0n) is 7.73. The lowest BCUT2D eigenvalue weighted by atomic mass is 10.1. The second-order valence-corrected chi connectivity index (χ2v) is 4.01. The van der Waals surface area contributed by atoms with Gasteiger partial charge in [-0.15, -0.1) is 0 Å². The van der Waals surface area contributed by atoms with Gasteiger partial charge in [0.05, 0.1) is 0 Å². The van der Waals surface area contributed by atoms with Crippen molar-refractivity contribution in [2.45, 2.75) is 34.6 Å². The van der Waals surface area contributed by atoms with Crippen molar-refractivity contribution in [1.82, 2.24) is 0 Å². The topological polar surface area (TPSA) is 0 Å². The van der Waals surface area contributed by atoms with Crippen molar-refractivity contribution in [3.05, 3.63) is 11.1 Å². The van der Waals surface area contributed by atoms with Crippen LogP contribution in [-0.4, -0.2) is 0 Å². The molecule has 0 heteroatoms. The highest BCUT2D eigenvalue weighted by atomic mass is 14.5. The van der Waals surface area contributed by atoms with Crippen molar-refractivity contribution in [3.8, 4) is 0 Å². The number of hydrogen-bond donors (Lipinski definition) is 0. The molecule has 0 saturated heterocycles. The fourth-order valence-corrected chi connectivity index (χ4v) is 2.15. The van der Waals surface area contributed by atoms with Gasteiger partial charge in [0.25, 0.3) is 0 Å². The van der Waals surface area contributed by atoms with Crippen molar-refractivity contribution in [1.29, 1.82) is 0 Å². The minimum Gasteiger partial charge on any atom is -0.0766 e. The summed E-state index contributed by atoms with van der Waals surface area (Å²) < 4.78 is 0. The van der Waals surface area contributed by atoms with Gasteiger partial charge in [-0.1, -0.05) is 31.9 Å². The van der Waals surface area contributed by atoms with Crippen molar-refractivity contribution in [2.75, 3.05) is 0 Å². The summed E-state index contributed by atoms with van der Waals surface area (Å²) in [5.41, 5.74) is 3.27. The molecule has 1 aliphatic carbocycles. The maximum atomic E-state index is 2.34. The van der Waals surface area contributed by atoms with Crippen LogP contribution >= 0.6 is 0 Å². The molecule has 0 aromatic heterocycles. The van der Waals surface area contributed by atoms with E-state index >= 15 is 0 Å². The first-order valence-corrected chi connectivity index (χ1v) is 4.23. The monoisotopic (exact) mass is 138 g/mol. The Bertz CT molecular complexity index is 159. The van der Waals surface area contributed by atoms with Gasteiger partial charge in [-0.05, 0) is 31.6 Å². The second kappa shape index (κ2) is 2.41. The molecule has 2 atom stereocenters. The van der Waals surface area contributed by atoms with Gasteiger partial charge in [0.15, 0.2) is 0 Å². The van der Waals surface area contributed by atoms with Gasteiger partial charge in [0.1, 0.15) is 0 Å². The number of allylic oxidation sites excluding steroid dienone is 2. The SMILES string of the molecule is CC(C)=C1C(C)C1C(C)C. The van der Waals surface area contributed by atoms with Crippen LogP contribution in [0.25, 0.3) is 0 Å². The van der Waals surface area contributed by atoms with E-state index in [0.29, 0.717) is 0 Å². The van der Waals surface area contributed by atoms with E-state index in [9.17, 15) is 0 Å². The van der Waals surface area contributed by atoms with Crippen molar-refractivity contribution < 1.29 is 0 Å². The average molecular weight is 138 g/mol. The van der Waals surface area contributed by atoms with E-state index in [-0.39, 0.29) is 0 Å². The Hall–Kier alpha value is -0.260. The van der Waals surface area contributed by atoms with Crippen LogP contribution in [-0.2, 0) is 0 Å². The highest BCUT2D eigenvalue weighted by Gasteiger charge is 2.42. The molecule has 0 heterocycles. The number of hydrogen-bond acceptors (Lipinski definition) is 0. The van der Waals surface area contributed by atoms with Crippen LogP contribution in [0.2, 0.25) is 0 Å². The van der Waals surface area contributed by atoms with Crippen molar-refractivity contribution in [3.63, 3.8) is 0 Å². The highest BCUT2D eigenvalue weighted by Crippen LogP contribution is 2.51. The molecule has 1 rings (SSSR count). The first kappa shape index (κ1) is 7.84. The summed E-state index contributed by atoms with van der Waals surface area (Å²) in [4.78, 5) is 0. The minimum atomic E-state index is 0.847. The molecule has 1 aliphatic rings. The van der Waals surface area contributed by atoms with E-state index in [4.69, 9.17) is 0 Å². The Labute approximate surface area is 64.3 Å². The molecule has 2 unspecified atom stereocenters. The maximum absolute atomic E-state index is 2.34. The van der Waals surface area contributed by atoms with E-state index < -0.39 is 0 Å². The van der Waals surface area contributed by atoms with Crippen LogP contribution < -0.4 is 0 Å². The van der Waals surface area contributed by atoms with E-state index in [2.05, 4.69) is 34.6 Å². The minimum absolute atomic E-state index is 0.847. The summed E-state index contributed by atoms with van der Waals surface area (Å²) in [6.45, 7) is 11.4. The van der Waals surface area contributed by atoms with E-state index in [1.54, 1.807) is 11.1 Å². The maximum Gasteiger partial charge on any atom is -0.0112 e. The van der Waals surface area contributed by atoms with Crippen LogP contribution in [0.15, 0.2) is 11.1 Å². The van der Waals surface area contributed by atoms with Crippen LogP contribution in [0.4, 0.5) is 0 Å². The predicted molar refractivity (Wildman–Crippen MR) is 45.9 cm³/mol. The quantitative estimate of drug-likeness (QED) is 0.488.